The third-order valence-corrected chi connectivity index (χ3v) is 3.97. The molecule has 0 aliphatic carbocycles. The second kappa shape index (κ2) is 5.07. The average molecular weight is 270 g/mol. The van der Waals surface area contributed by atoms with Crippen LogP contribution in [0.5, 0.6) is 0 Å². The zero-order valence-corrected chi connectivity index (χ0v) is 11.4. The van der Waals surface area contributed by atoms with Gasteiger partial charge in [0.2, 0.25) is 0 Å². The molecule has 0 fully saturated rings. The van der Waals surface area contributed by atoms with E-state index < -0.39 is 0 Å². The summed E-state index contributed by atoms with van der Waals surface area (Å²) in [6.45, 7) is 2.11. The van der Waals surface area contributed by atoms with Crippen LogP contribution in [0.4, 0.5) is 0 Å². The molecule has 0 saturated carbocycles. The van der Waals surface area contributed by atoms with Crippen LogP contribution in [0.1, 0.15) is 11.1 Å². The topological polar surface area (TPSA) is 48.9 Å². The number of hydrogen-bond donors (Lipinski definition) is 2. The highest BCUT2D eigenvalue weighted by Crippen LogP contribution is 2.30. The van der Waals surface area contributed by atoms with Crippen LogP contribution in [0.3, 0.4) is 0 Å². The van der Waals surface area contributed by atoms with E-state index >= 15 is 0 Å². The summed E-state index contributed by atoms with van der Waals surface area (Å²) < 4.78 is 0. The molecule has 0 unspecified atom stereocenters. The second-order valence-electron chi connectivity index (χ2n) is 4.43. The van der Waals surface area contributed by atoms with Crippen molar-refractivity contribution in [2.75, 3.05) is 0 Å². The Hall–Kier alpha value is -1.78. The predicted molar refractivity (Wildman–Crippen MR) is 77.3 cm³/mol. The van der Waals surface area contributed by atoms with E-state index in [-0.39, 0.29) is 6.61 Å². The van der Waals surface area contributed by atoms with Crippen molar-refractivity contribution in [1.29, 1.82) is 0 Å². The first kappa shape index (κ1) is 12.3. The summed E-state index contributed by atoms with van der Waals surface area (Å²) in [7, 11) is 0. The number of aliphatic hydroxyl groups excluding tert-OH is 1. The van der Waals surface area contributed by atoms with Gasteiger partial charge in [-0.3, -0.25) is 0 Å². The van der Waals surface area contributed by atoms with Gasteiger partial charge < -0.3 is 10.1 Å². The molecule has 0 spiro atoms. The van der Waals surface area contributed by atoms with Gasteiger partial charge in [0.25, 0.3) is 0 Å². The molecule has 0 bridgehead atoms. The van der Waals surface area contributed by atoms with Gasteiger partial charge in [-0.1, -0.05) is 36.0 Å². The molecule has 1 heterocycles. The van der Waals surface area contributed by atoms with Gasteiger partial charge in [0.1, 0.15) is 0 Å². The van der Waals surface area contributed by atoms with Crippen LogP contribution >= 0.6 is 11.8 Å². The lowest BCUT2D eigenvalue weighted by molar-refractivity contribution is 0.279. The van der Waals surface area contributed by atoms with Crippen molar-refractivity contribution >= 4 is 22.8 Å². The monoisotopic (exact) mass is 270 g/mol. The van der Waals surface area contributed by atoms with Crippen molar-refractivity contribution in [3.8, 4) is 0 Å². The maximum Gasteiger partial charge on any atom is 0.171 e. The number of rotatable bonds is 3. The summed E-state index contributed by atoms with van der Waals surface area (Å²) in [4.78, 5) is 8.89. The lowest BCUT2D eigenvalue weighted by atomic mass is 10.2. The van der Waals surface area contributed by atoms with Crippen LogP contribution in [0, 0.1) is 6.92 Å². The molecule has 0 aliphatic rings. The van der Waals surface area contributed by atoms with E-state index in [0.717, 1.165) is 26.6 Å². The SMILES string of the molecule is Cc1ccc2nc(Sc3ccccc3CO)[nH]c2c1. The van der Waals surface area contributed by atoms with Crippen molar-refractivity contribution < 1.29 is 5.11 Å². The first-order valence-electron chi connectivity index (χ1n) is 6.09. The van der Waals surface area contributed by atoms with Gasteiger partial charge in [0.15, 0.2) is 5.16 Å². The first-order valence-corrected chi connectivity index (χ1v) is 6.91. The van der Waals surface area contributed by atoms with Gasteiger partial charge >= 0.3 is 0 Å². The van der Waals surface area contributed by atoms with Gasteiger partial charge in [0, 0.05) is 4.90 Å². The number of imidazole rings is 1. The van der Waals surface area contributed by atoms with Crippen LogP contribution in [0.2, 0.25) is 0 Å². The standard InChI is InChI=1S/C15H14N2OS/c1-10-6-7-12-13(8-10)17-15(16-12)19-14-5-3-2-4-11(14)9-18/h2-8,18H,9H2,1H3,(H,16,17). The Balaban J connectivity index is 1.96. The van der Waals surface area contributed by atoms with E-state index in [0.29, 0.717) is 0 Å². The fourth-order valence-corrected chi connectivity index (χ4v) is 2.91. The Morgan fingerprint density at radius 3 is 2.89 bits per heavy atom. The van der Waals surface area contributed by atoms with E-state index in [2.05, 4.69) is 29.0 Å². The molecule has 3 aromatic rings. The number of aromatic nitrogens is 2. The Labute approximate surface area is 115 Å². The Morgan fingerprint density at radius 1 is 1.21 bits per heavy atom. The van der Waals surface area contributed by atoms with Crippen molar-refractivity contribution in [3.63, 3.8) is 0 Å². The molecule has 0 radical (unpaired) electrons. The van der Waals surface area contributed by atoms with E-state index in [1.165, 1.54) is 5.56 Å². The van der Waals surface area contributed by atoms with E-state index in [1.54, 1.807) is 11.8 Å². The summed E-state index contributed by atoms with van der Waals surface area (Å²) in [6.07, 6.45) is 0. The zero-order valence-electron chi connectivity index (χ0n) is 10.6. The highest BCUT2D eigenvalue weighted by Gasteiger charge is 2.07. The number of benzene rings is 2. The average Bonchev–Trinajstić information content (AvgIpc) is 2.80. The molecule has 2 N–H and O–H groups in total. The molecule has 19 heavy (non-hydrogen) atoms. The van der Waals surface area contributed by atoms with E-state index in [9.17, 15) is 5.11 Å². The number of H-pyrrole nitrogens is 1. The molecular formula is C15H14N2OS. The third kappa shape index (κ3) is 2.50. The molecule has 3 rings (SSSR count). The molecular weight excluding hydrogens is 256 g/mol. The number of nitrogens with zero attached hydrogens (tertiary/aromatic N) is 1. The minimum absolute atomic E-state index is 0.0442. The number of nitrogens with one attached hydrogen (secondary N) is 1. The van der Waals surface area contributed by atoms with Crippen molar-refractivity contribution in [2.45, 2.75) is 23.6 Å². The fourth-order valence-electron chi connectivity index (χ4n) is 1.99. The summed E-state index contributed by atoms with van der Waals surface area (Å²) in [5.41, 5.74) is 4.14. The minimum Gasteiger partial charge on any atom is -0.392 e. The molecule has 4 heteroatoms. The van der Waals surface area contributed by atoms with Crippen LogP contribution in [0.15, 0.2) is 52.5 Å². The Kier molecular flexibility index (Phi) is 3.27. The second-order valence-corrected chi connectivity index (χ2v) is 5.46. The molecule has 1 aromatic heterocycles. The summed E-state index contributed by atoms with van der Waals surface area (Å²) in [5.74, 6) is 0. The van der Waals surface area contributed by atoms with Gasteiger partial charge in [-0.25, -0.2) is 4.98 Å². The third-order valence-electron chi connectivity index (χ3n) is 2.97. The quantitative estimate of drug-likeness (QED) is 0.765. The summed E-state index contributed by atoms with van der Waals surface area (Å²) >= 11 is 1.54. The molecule has 0 aliphatic heterocycles. The minimum atomic E-state index is 0.0442. The van der Waals surface area contributed by atoms with Gasteiger partial charge in [0.05, 0.1) is 17.6 Å². The smallest absolute Gasteiger partial charge is 0.171 e. The van der Waals surface area contributed by atoms with Gasteiger partial charge in [-0.2, -0.15) is 0 Å². The highest BCUT2D eigenvalue weighted by atomic mass is 32.2. The molecule has 0 saturated heterocycles. The highest BCUT2D eigenvalue weighted by molar-refractivity contribution is 7.99. The van der Waals surface area contributed by atoms with Crippen molar-refractivity contribution in [1.82, 2.24) is 9.97 Å². The molecule has 0 amide bonds. The van der Waals surface area contributed by atoms with Crippen LogP contribution < -0.4 is 0 Å². The molecule has 2 aromatic carbocycles. The van der Waals surface area contributed by atoms with Crippen molar-refractivity contribution in [3.05, 3.63) is 53.6 Å². The Bertz CT molecular complexity index is 721. The number of fused-ring (bicyclic) bond motifs is 1. The maximum absolute atomic E-state index is 9.33. The van der Waals surface area contributed by atoms with Crippen LogP contribution in [-0.4, -0.2) is 15.1 Å². The van der Waals surface area contributed by atoms with E-state index in [1.807, 2.05) is 30.3 Å². The van der Waals surface area contributed by atoms with Gasteiger partial charge in [-0.05, 0) is 36.2 Å². The lowest BCUT2D eigenvalue weighted by Gasteiger charge is -2.03. The Morgan fingerprint density at radius 2 is 2.05 bits per heavy atom. The summed E-state index contributed by atoms with van der Waals surface area (Å²) in [6, 6.07) is 14.0. The lowest BCUT2D eigenvalue weighted by Crippen LogP contribution is -1.86. The maximum atomic E-state index is 9.33. The number of hydrogen-bond acceptors (Lipinski definition) is 3. The van der Waals surface area contributed by atoms with E-state index in [4.69, 9.17) is 0 Å². The van der Waals surface area contributed by atoms with Crippen LogP contribution in [0.25, 0.3) is 11.0 Å². The predicted octanol–water partition coefficient (Wildman–Crippen LogP) is 3.51. The number of aryl methyl sites for hydroxylation is 1. The number of aromatic amines is 1. The fraction of sp³-hybridized carbons (Fsp3) is 0.133. The normalized spacial score (nSPS) is 11.1. The zero-order chi connectivity index (χ0) is 13.2. The van der Waals surface area contributed by atoms with Crippen LogP contribution in [-0.2, 0) is 6.61 Å². The largest absolute Gasteiger partial charge is 0.392 e. The molecule has 3 nitrogen and oxygen atoms in total. The van der Waals surface area contributed by atoms with Crippen molar-refractivity contribution in [2.24, 2.45) is 0 Å². The first-order chi connectivity index (χ1) is 9.26. The molecule has 96 valence electrons. The summed E-state index contributed by atoms with van der Waals surface area (Å²) in [5, 5.41) is 10.2. The number of aliphatic hydroxyl groups is 1. The van der Waals surface area contributed by atoms with Gasteiger partial charge in [-0.15, -0.1) is 0 Å². The molecule has 0 atom stereocenters.